The summed E-state index contributed by atoms with van der Waals surface area (Å²) in [6, 6.07) is 1.83. The molecule has 8 nitrogen and oxygen atoms in total. The van der Waals surface area contributed by atoms with Crippen LogP contribution in [0.2, 0.25) is 0 Å². The number of nitrogens with zero attached hydrogens (tertiary/aromatic N) is 7. The lowest BCUT2D eigenvalue weighted by Crippen LogP contribution is -2.32. The molecule has 1 fully saturated rings. The summed E-state index contributed by atoms with van der Waals surface area (Å²) in [7, 11) is 1.72. The Bertz CT molecular complexity index is 1170. The molecule has 4 rings (SSSR count). The number of rotatable bonds is 4. The Kier molecular flexibility index (Phi) is 5.53. The molecule has 0 spiro atoms. The van der Waals surface area contributed by atoms with E-state index >= 15 is 0 Å². The maximum Gasteiger partial charge on any atom is 0.280 e. The molecule has 0 aromatic carbocycles. The molecule has 3 aromatic heterocycles. The molecule has 9 heteroatoms. The van der Waals surface area contributed by atoms with Crippen molar-refractivity contribution in [1.82, 2.24) is 29.1 Å². The summed E-state index contributed by atoms with van der Waals surface area (Å²) < 4.78 is 3.44. The third-order valence-corrected chi connectivity index (χ3v) is 5.86. The minimum atomic E-state index is -0.140. The van der Waals surface area contributed by atoms with Crippen molar-refractivity contribution in [2.24, 2.45) is 7.05 Å². The van der Waals surface area contributed by atoms with E-state index in [9.17, 15) is 4.79 Å². The number of hydrogen-bond donors (Lipinski definition) is 0. The van der Waals surface area contributed by atoms with Crippen LogP contribution in [-0.2, 0) is 13.6 Å². The Morgan fingerprint density at radius 1 is 1.17 bits per heavy atom. The highest BCUT2D eigenvalue weighted by atomic mass is 32.2. The van der Waals surface area contributed by atoms with E-state index in [1.54, 1.807) is 20.2 Å². The van der Waals surface area contributed by atoms with Crippen molar-refractivity contribution in [3.63, 3.8) is 0 Å². The van der Waals surface area contributed by atoms with Gasteiger partial charge in [-0.05, 0) is 50.9 Å². The van der Waals surface area contributed by atoms with E-state index in [0.29, 0.717) is 28.0 Å². The van der Waals surface area contributed by atoms with Gasteiger partial charge in [0.2, 0.25) is 5.95 Å². The van der Waals surface area contributed by atoms with Gasteiger partial charge in [0.15, 0.2) is 21.5 Å². The van der Waals surface area contributed by atoms with Crippen molar-refractivity contribution in [2.45, 2.75) is 50.0 Å². The van der Waals surface area contributed by atoms with Gasteiger partial charge in [0, 0.05) is 32.0 Å². The second kappa shape index (κ2) is 8.25. The van der Waals surface area contributed by atoms with Crippen molar-refractivity contribution in [1.29, 1.82) is 0 Å². The van der Waals surface area contributed by atoms with E-state index in [2.05, 4.69) is 31.7 Å². The zero-order valence-corrected chi connectivity index (χ0v) is 17.7. The Morgan fingerprint density at radius 2 is 1.97 bits per heavy atom. The smallest absolute Gasteiger partial charge is 0.280 e. The monoisotopic (exact) mass is 409 g/mol. The predicted molar refractivity (Wildman–Crippen MR) is 113 cm³/mol. The summed E-state index contributed by atoms with van der Waals surface area (Å²) >= 11 is 1.26. The van der Waals surface area contributed by atoms with Gasteiger partial charge in [-0.2, -0.15) is 4.98 Å². The number of piperidine rings is 1. The lowest BCUT2D eigenvalue weighted by Gasteiger charge is -2.27. The number of aryl methyl sites for hydroxylation is 1. The van der Waals surface area contributed by atoms with Crippen molar-refractivity contribution < 1.29 is 0 Å². The maximum atomic E-state index is 13.2. The molecule has 1 aliphatic heterocycles. The molecule has 1 saturated heterocycles. The molecule has 29 heavy (non-hydrogen) atoms. The zero-order chi connectivity index (χ0) is 20.4. The number of anilines is 1. The molecule has 0 bridgehead atoms. The van der Waals surface area contributed by atoms with E-state index in [0.717, 1.165) is 37.6 Å². The van der Waals surface area contributed by atoms with Crippen LogP contribution in [0.25, 0.3) is 11.2 Å². The van der Waals surface area contributed by atoms with Crippen LogP contribution in [0.4, 0.5) is 5.95 Å². The number of imidazole rings is 1. The largest absolute Gasteiger partial charge is 0.342 e. The zero-order valence-electron chi connectivity index (χ0n) is 16.8. The molecule has 0 atom stereocenters. The van der Waals surface area contributed by atoms with Crippen LogP contribution in [0, 0.1) is 18.8 Å². The topological polar surface area (TPSA) is 81.7 Å². The lowest BCUT2D eigenvalue weighted by molar-refractivity contribution is 0.561. The predicted octanol–water partition coefficient (Wildman–Crippen LogP) is 2.39. The molecule has 0 radical (unpaired) electrons. The molecule has 4 heterocycles. The highest BCUT2D eigenvalue weighted by Crippen LogP contribution is 2.26. The first kappa shape index (κ1) is 19.5. The molecular weight excluding hydrogens is 386 g/mol. The van der Waals surface area contributed by atoms with Crippen LogP contribution in [0.5, 0.6) is 0 Å². The molecule has 150 valence electrons. The average Bonchev–Trinajstić information content (AvgIpc) is 3.09. The fraction of sp³-hybridized carbons (Fsp3) is 0.450. The third kappa shape index (κ3) is 3.85. The van der Waals surface area contributed by atoms with Crippen molar-refractivity contribution in [3.8, 4) is 11.8 Å². The van der Waals surface area contributed by atoms with Crippen molar-refractivity contribution in [2.75, 3.05) is 18.0 Å². The summed E-state index contributed by atoms with van der Waals surface area (Å²) in [6.07, 6.45) is 5.18. The first-order chi connectivity index (χ1) is 14.1. The van der Waals surface area contributed by atoms with E-state index in [1.165, 1.54) is 22.7 Å². The summed E-state index contributed by atoms with van der Waals surface area (Å²) in [5, 5.41) is 1.07. The van der Waals surface area contributed by atoms with Crippen LogP contribution in [0.15, 0.2) is 27.4 Å². The highest BCUT2D eigenvalue weighted by molar-refractivity contribution is 7.99. The normalized spacial score (nSPS) is 14.1. The van der Waals surface area contributed by atoms with Crippen LogP contribution in [-0.4, -0.2) is 42.2 Å². The van der Waals surface area contributed by atoms with Gasteiger partial charge < -0.3 is 4.90 Å². The second-order valence-electron chi connectivity index (χ2n) is 6.99. The minimum Gasteiger partial charge on any atom is -0.342 e. The number of aromatic nitrogens is 6. The van der Waals surface area contributed by atoms with Crippen molar-refractivity contribution in [3.05, 3.63) is 28.3 Å². The van der Waals surface area contributed by atoms with E-state index in [1.807, 2.05) is 17.6 Å². The Morgan fingerprint density at radius 3 is 2.69 bits per heavy atom. The summed E-state index contributed by atoms with van der Waals surface area (Å²) in [5.41, 5.74) is 1.66. The molecule has 3 aromatic rings. The summed E-state index contributed by atoms with van der Waals surface area (Å²) in [5.74, 6) is 6.77. The number of fused-ring (bicyclic) bond motifs is 1. The molecule has 0 amide bonds. The van der Waals surface area contributed by atoms with Crippen molar-refractivity contribution >= 4 is 28.9 Å². The Hall–Kier alpha value is -2.86. The van der Waals surface area contributed by atoms with Gasteiger partial charge >= 0.3 is 0 Å². The average molecular weight is 410 g/mol. The van der Waals surface area contributed by atoms with Crippen LogP contribution in [0.3, 0.4) is 0 Å². The van der Waals surface area contributed by atoms with Gasteiger partial charge in [0.1, 0.15) is 0 Å². The number of hydrogen-bond acceptors (Lipinski definition) is 7. The second-order valence-corrected chi connectivity index (χ2v) is 7.92. The lowest BCUT2D eigenvalue weighted by atomic mass is 10.1. The first-order valence-corrected chi connectivity index (χ1v) is 10.5. The molecule has 0 unspecified atom stereocenters. The van der Waals surface area contributed by atoms with Gasteiger partial charge in [-0.3, -0.25) is 13.9 Å². The van der Waals surface area contributed by atoms with Crippen LogP contribution in [0.1, 0.15) is 31.9 Å². The van der Waals surface area contributed by atoms with E-state index in [-0.39, 0.29) is 5.56 Å². The summed E-state index contributed by atoms with van der Waals surface area (Å²) in [4.78, 5) is 33.6. The first-order valence-electron chi connectivity index (χ1n) is 9.68. The minimum absolute atomic E-state index is 0.140. The van der Waals surface area contributed by atoms with E-state index in [4.69, 9.17) is 4.98 Å². The van der Waals surface area contributed by atoms with Crippen LogP contribution >= 0.6 is 11.8 Å². The van der Waals surface area contributed by atoms with E-state index < -0.39 is 0 Å². The van der Waals surface area contributed by atoms with Gasteiger partial charge in [0.05, 0.1) is 6.54 Å². The highest BCUT2D eigenvalue weighted by Gasteiger charge is 2.23. The quantitative estimate of drug-likeness (QED) is 0.483. The fourth-order valence-corrected chi connectivity index (χ4v) is 4.24. The van der Waals surface area contributed by atoms with Gasteiger partial charge in [-0.25, -0.2) is 15.0 Å². The Balaban J connectivity index is 1.84. The molecule has 0 aliphatic carbocycles. The third-order valence-electron chi connectivity index (χ3n) is 4.93. The van der Waals surface area contributed by atoms with Gasteiger partial charge in [-0.15, -0.1) is 5.92 Å². The summed E-state index contributed by atoms with van der Waals surface area (Å²) in [6.45, 7) is 5.99. The molecular formula is C20H23N7OS. The maximum absolute atomic E-state index is 13.2. The SMILES string of the molecule is CC#CCn1c(N2CCCCC2)nc2nc(Sc3nccc(C)n3)n(C)c(=O)c21. The molecule has 0 N–H and O–H groups in total. The van der Waals surface area contributed by atoms with Crippen LogP contribution < -0.4 is 10.5 Å². The van der Waals surface area contributed by atoms with Gasteiger partial charge in [-0.1, -0.05) is 5.92 Å². The fourth-order valence-electron chi connectivity index (χ4n) is 3.42. The molecule has 1 aliphatic rings. The molecule has 0 saturated carbocycles. The van der Waals surface area contributed by atoms with Gasteiger partial charge in [0.25, 0.3) is 5.56 Å². The standard InChI is InChI=1S/C20H23N7OS/c1-4-5-13-27-15-16(23-19(27)26-11-7-6-8-12-26)24-20(25(3)17(15)28)29-18-21-10-9-14(2)22-18/h9-10H,6-8,11-13H2,1-3H3. The Labute approximate surface area is 173 Å².